The summed E-state index contributed by atoms with van der Waals surface area (Å²) in [4.78, 5) is 26.4. The molecule has 4 rings (SSSR count). The van der Waals surface area contributed by atoms with Gasteiger partial charge in [-0.05, 0) is 74.2 Å². The lowest BCUT2D eigenvalue weighted by molar-refractivity contribution is 0.0526. The number of carbonyl (C=O) groups is 2. The van der Waals surface area contributed by atoms with Crippen LogP contribution >= 0.6 is 0 Å². The van der Waals surface area contributed by atoms with Crippen LogP contribution in [0.4, 0.5) is 5.69 Å². The molecule has 0 N–H and O–H groups in total. The first-order valence-electron chi connectivity index (χ1n) is 12.3. The van der Waals surface area contributed by atoms with Gasteiger partial charge in [0, 0.05) is 10.9 Å². The molecule has 0 saturated heterocycles. The molecule has 8 heteroatoms. The predicted octanol–water partition coefficient (Wildman–Crippen LogP) is 6.56. The summed E-state index contributed by atoms with van der Waals surface area (Å²) in [5.74, 6) is -0.965. The highest BCUT2D eigenvalue weighted by molar-refractivity contribution is 7.93. The minimum absolute atomic E-state index is 0.0277. The largest absolute Gasteiger partial charge is 0.462 e. The predicted molar refractivity (Wildman–Crippen MR) is 147 cm³/mol. The van der Waals surface area contributed by atoms with Crippen LogP contribution in [0.25, 0.3) is 11.0 Å². The number of aryl methyl sites for hydroxylation is 2. The Hall–Kier alpha value is -3.91. The van der Waals surface area contributed by atoms with E-state index in [1.165, 1.54) is 24.3 Å². The van der Waals surface area contributed by atoms with E-state index in [9.17, 15) is 18.0 Å². The zero-order chi connectivity index (χ0) is 27.8. The molecule has 4 aromatic rings. The lowest BCUT2D eigenvalue weighted by Crippen LogP contribution is -2.37. The van der Waals surface area contributed by atoms with Gasteiger partial charge in [-0.2, -0.15) is 4.31 Å². The van der Waals surface area contributed by atoms with E-state index >= 15 is 0 Å². The Bertz CT molecular complexity index is 1610. The van der Waals surface area contributed by atoms with E-state index in [1.54, 1.807) is 56.3 Å². The minimum Gasteiger partial charge on any atom is -0.462 e. The maximum Gasteiger partial charge on any atom is 0.342 e. The molecule has 1 heterocycles. The van der Waals surface area contributed by atoms with Crippen LogP contribution in [0.1, 0.15) is 65.3 Å². The van der Waals surface area contributed by atoms with Gasteiger partial charge in [0.1, 0.15) is 16.9 Å². The van der Waals surface area contributed by atoms with Gasteiger partial charge in [0.2, 0.25) is 0 Å². The third-order valence-corrected chi connectivity index (χ3v) is 8.03. The van der Waals surface area contributed by atoms with Crippen LogP contribution in [0.15, 0.2) is 76.0 Å². The number of benzene rings is 3. The van der Waals surface area contributed by atoms with E-state index in [2.05, 4.69) is 0 Å². The highest BCUT2D eigenvalue weighted by Gasteiger charge is 2.33. The van der Waals surface area contributed by atoms with Crippen LogP contribution in [0, 0.1) is 13.8 Å². The van der Waals surface area contributed by atoms with Gasteiger partial charge in [0.05, 0.1) is 17.2 Å². The smallest absolute Gasteiger partial charge is 0.342 e. The van der Waals surface area contributed by atoms with Crippen molar-refractivity contribution < 1.29 is 27.2 Å². The number of nitrogens with zero attached hydrogens (tertiary/aromatic N) is 1. The second-order valence-corrected chi connectivity index (χ2v) is 11.9. The highest BCUT2D eigenvalue weighted by atomic mass is 32.2. The molecule has 0 radical (unpaired) electrons. The van der Waals surface area contributed by atoms with E-state index in [4.69, 9.17) is 9.15 Å². The van der Waals surface area contributed by atoms with Gasteiger partial charge < -0.3 is 9.15 Å². The monoisotopic (exact) mass is 533 g/mol. The Morgan fingerprint density at radius 1 is 0.921 bits per heavy atom. The number of amides is 1. The lowest BCUT2D eigenvalue weighted by atomic mass is 9.87. The number of sulfonamides is 1. The van der Waals surface area contributed by atoms with Crippen LogP contribution in [0.2, 0.25) is 0 Å². The molecule has 0 saturated carbocycles. The second kappa shape index (κ2) is 10.1. The van der Waals surface area contributed by atoms with E-state index < -0.39 is 21.9 Å². The van der Waals surface area contributed by atoms with E-state index in [-0.39, 0.29) is 33.7 Å². The summed E-state index contributed by atoms with van der Waals surface area (Å²) in [5, 5.41) is 0.360. The fourth-order valence-electron chi connectivity index (χ4n) is 4.20. The Morgan fingerprint density at radius 3 is 2.13 bits per heavy atom. The normalized spacial score (nSPS) is 11.9. The molecule has 3 aromatic carbocycles. The second-order valence-electron chi connectivity index (χ2n) is 10.1. The van der Waals surface area contributed by atoms with Crippen molar-refractivity contribution in [3.63, 3.8) is 0 Å². The maximum atomic E-state index is 14.0. The van der Waals surface area contributed by atoms with Gasteiger partial charge in [-0.1, -0.05) is 50.6 Å². The molecule has 7 nitrogen and oxygen atoms in total. The van der Waals surface area contributed by atoms with E-state index in [0.29, 0.717) is 16.7 Å². The highest BCUT2D eigenvalue weighted by Crippen LogP contribution is 2.34. The number of anilines is 1. The number of rotatable bonds is 6. The maximum absolute atomic E-state index is 14.0. The Labute approximate surface area is 223 Å². The molecule has 0 aliphatic carbocycles. The SMILES string of the molecule is CCOC(=O)c1c(C)oc2ccc(N(C(=O)c3ccc(C)cc3)S(=O)(=O)c3ccc(C(C)(C)C)cc3)cc12. The van der Waals surface area contributed by atoms with Crippen molar-refractivity contribution in [3.05, 3.63) is 94.7 Å². The van der Waals surface area contributed by atoms with E-state index in [0.717, 1.165) is 15.4 Å². The average Bonchev–Trinajstić information content (AvgIpc) is 3.19. The fourth-order valence-corrected chi connectivity index (χ4v) is 5.61. The number of carbonyl (C=O) groups excluding carboxylic acids is 2. The summed E-state index contributed by atoms with van der Waals surface area (Å²) < 4.78 is 39.7. The van der Waals surface area contributed by atoms with Crippen LogP contribution < -0.4 is 4.31 Å². The molecule has 0 spiro atoms. The molecule has 0 unspecified atom stereocenters. The lowest BCUT2D eigenvalue weighted by Gasteiger charge is -2.24. The molecule has 1 aromatic heterocycles. The van der Waals surface area contributed by atoms with Crippen molar-refractivity contribution >= 4 is 38.6 Å². The first-order valence-corrected chi connectivity index (χ1v) is 13.8. The summed E-state index contributed by atoms with van der Waals surface area (Å²) in [5.41, 5.74) is 2.58. The fraction of sp³-hybridized carbons (Fsp3) is 0.267. The van der Waals surface area contributed by atoms with Crippen LogP contribution in [-0.2, 0) is 20.2 Å². The Balaban J connectivity index is 1.91. The van der Waals surface area contributed by atoms with Gasteiger partial charge >= 0.3 is 5.97 Å². The molecule has 1 amide bonds. The first kappa shape index (κ1) is 27.1. The quantitative estimate of drug-likeness (QED) is 0.261. The summed E-state index contributed by atoms with van der Waals surface area (Å²) in [7, 11) is -4.34. The number of esters is 1. The van der Waals surface area contributed by atoms with Crippen molar-refractivity contribution in [2.24, 2.45) is 0 Å². The van der Waals surface area contributed by atoms with E-state index in [1.807, 2.05) is 27.7 Å². The van der Waals surface area contributed by atoms with Crippen molar-refractivity contribution in [3.8, 4) is 0 Å². The van der Waals surface area contributed by atoms with Crippen molar-refractivity contribution in [2.75, 3.05) is 10.9 Å². The van der Waals surface area contributed by atoms with Gasteiger partial charge in [0.25, 0.3) is 15.9 Å². The van der Waals surface area contributed by atoms with Crippen LogP contribution in [0.5, 0.6) is 0 Å². The van der Waals surface area contributed by atoms with Crippen molar-refractivity contribution in [1.82, 2.24) is 0 Å². The zero-order valence-corrected chi connectivity index (χ0v) is 23.2. The first-order chi connectivity index (χ1) is 17.8. The topological polar surface area (TPSA) is 93.9 Å². The third-order valence-electron chi connectivity index (χ3n) is 6.30. The number of ether oxygens (including phenoxy) is 1. The number of hydrogen-bond acceptors (Lipinski definition) is 6. The summed E-state index contributed by atoms with van der Waals surface area (Å²) in [6, 6.07) is 17.7. The number of fused-ring (bicyclic) bond motifs is 1. The Morgan fingerprint density at radius 2 is 1.55 bits per heavy atom. The molecule has 38 heavy (non-hydrogen) atoms. The molecular weight excluding hydrogens is 502 g/mol. The molecule has 0 aliphatic heterocycles. The average molecular weight is 534 g/mol. The molecule has 198 valence electrons. The van der Waals surface area contributed by atoms with Crippen LogP contribution in [-0.4, -0.2) is 26.9 Å². The van der Waals surface area contributed by atoms with Gasteiger partial charge in [-0.3, -0.25) is 4.79 Å². The molecular formula is C30H31NO6S. The Kier molecular flexibility index (Phi) is 7.21. The molecule has 0 bridgehead atoms. The molecule has 0 atom stereocenters. The summed E-state index contributed by atoms with van der Waals surface area (Å²) in [6.07, 6.45) is 0. The standard InChI is InChI=1S/C30H31NO6S/c1-7-36-29(33)27-20(3)37-26-17-14-23(18-25(26)27)31(28(32)21-10-8-19(2)9-11-21)38(34,35)24-15-12-22(13-16-24)30(4,5)6/h8-18H,7H2,1-6H3. The summed E-state index contributed by atoms with van der Waals surface area (Å²) >= 11 is 0. The third kappa shape index (κ3) is 5.09. The van der Waals surface area contributed by atoms with Gasteiger partial charge in [-0.15, -0.1) is 0 Å². The molecule has 0 aliphatic rings. The zero-order valence-electron chi connectivity index (χ0n) is 22.4. The van der Waals surface area contributed by atoms with Crippen LogP contribution in [0.3, 0.4) is 0 Å². The van der Waals surface area contributed by atoms with Gasteiger partial charge in [-0.25, -0.2) is 13.2 Å². The minimum atomic E-state index is -4.34. The number of furan rings is 1. The van der Waals surface area contributed by atoms with Gasteiger partial charge in [0.15, 0.2) is 0 Å². The van der Waals surface area contributed by atoms with Crippen molar-refractivity contribution in [1.29, 1.82) is 0 Å². The molecule has 0 fully saturated rings. The van der Waals surface area contributed by atoms with Crippen molar-refractivity contribution in [2.45, 2.75) is 51.9 Å². The number of hydrogen-bond donors (Lipinski definition) is 0. The summed E-state index contributed by atoms with van der Waals surface area (Å²) in [6.45, 7) is 11.5.